The molecule has 1 aliphatic rings. The first-order chi connectivity index (χ1) is 13.7. The molecule has 2 aromatic rings. The molecule has 148 valence electrons. The van der Waals surface area contributed by atoms with Crippen molar-refractivity contribution >= 4 is 11.8 Å². The van der Waals surface area contributed by atoms with Gasteiger partial charge in [0.15, 0.2) is 0 Å². The van der Waals surface area contributed by atoms with Crippen LogP contribution in [0.25, 0.3) is 0 Å². The minimum Gasteiger partial charge on any atom is -0.489 e. The summed E-state index contributed by atoms with van der Waals surface area (Å²) in [5, 5.41) is 2.84. The minimum absolute atomic E-state index is 0.127. The molecule has 2 amide bonds. The van der Waals surface area contributed by atoms with Crippen LogP contribution in [0.15, 0.2) is 54.6 Å². The fourth-order valence-electron chi connectivity index (χ4n) is 3.33. The van der Waals surface area contributed by atoms with Gasteiger partial charge in [-0.1, -0.05) is 49.2 Å². The Morgan fingerprint density at radius 1 is 0.929 bits per heavy atom. The van der Waals surface area contributed by atoms with E-state index in [4.69, 9.17) is 4.74 Å². The van der Waals surface area contributed by atoms with E-state index in [0.29, 0.717) is 30.9 Å². The molecule has 5 nitrogen and oxygen atoms in total. The van der Waals surface area contributed by atoms with E-state index >= 15 is 0 Å². The van der Waals surface area contributed by atoms with Crippen molar-refractivity contribution in [2.75, 3.05) is 19.6 Å². The van der Waals surface area contributed by atoms with Gasteiger partial charge >= 0.3 is 0 Å². The van der Waals surface area contributed by atoms with Gasteiger partial charge in [0.2, 0.25) is 5.91 Å². The lowest BCUT2D eigenvalue weighted by Crippen LogP contribution is -2.35. The summed E-state index contributed by atoms with van der Waals surface area (Å²) in [6.45, 7) is 2.49. The van der Waals surface area contributed by atoms with E-state index in [1.165, 1.54) is 12.8 Å². The summed E-state index contributed by atoms with van der Waals surface area (Å²) in [5.74, 6) is 0.591. The first-order valence-corrected chi connectivity index (χ1v) is 10.0. The molecule has 0 aliphatic carbocycles. The molecular weight excluding hydrogens is 352 g/mol. The van der Waals surface area contributed by atoms with Crippen LogP contribution in [0.1, 0.15) is 48.0 Å². The van der Waals surface area contributed by atoms with Crippen molar-refractivity contribution in [1.29, 1.82) is 0 Å². The Hall–Kier alpha value is -2.82. The summed E-state index contributed by atoms with van der Waals surface area (Å²) in [6.07, 6.45) is 4.89. The molecule has 0 aromatic heterocycles. The summed E-state index contributed by atoms with van der Waals surface area (Å²) in [4.78, 5) is 26.6. The second-order valence-corrected chi connectivity index (χ2v) is 7.10. The van der Waals surface area contributed by atoms with E-state index in [0.717, 1.165) is 31.5 Å². The molecule has 0 unspecified atom stereocenters. The molecule has 0 radical (unpaired) electrons. The highest BCUT2D eigenvalue weighted by Gasteiger charge is 2.15. The third kappa shape index (κ3) is 6.12. The smallest absolute Gasteiger partial charge is 0.251 e. The molecule has 1 N–H and O–H groups in total. The van der Waals surface area contributed by atoms with Gasteiger partial charge in [-0.15, -0.1) is 0 Å². The summed E-state index contributed by atoms with van der Waals surface area (Å²) >= 11 is 0. The Balaban J connectivity index is 1.45. The highest BCUT2D eigenvalue weighted by molar-refractivity contribution is 5.94. The van der Waals surface area contributed by atoms with Gasteiger partial charge in [0, 0.05) is 31.6 Å². The third-order valence-electron chi connectivity index (χ3n) is 4.93. The van der Waals surface area contributed by atoms with Gasteiger partial charge in [0.05, 0.1) is 0 Å². The van der Waals surface area contributed by atoms with Crippen LogP contribution in [0.2, 0.25) is 0 Å². The van der Waals surface area contributed by atoms with Crippen LogP contribution in [0, 0.1) is 0 Å². The summed E-state index contributed by atoms with van der Waals surface area (Å²) < 4.78 is 5.78. The average Bonchev–Trinajstić information content (AvgIpc) is 3.03. The van der Waals surface area contributed by atoms with E-state index in [1.807, 2.05) is 41.3 Å². The second-order valence-electron chi connectivity index (χ2n) is 7.10. The number of hydrogen-bond acceptors (Lipinski definition) is 3. The lowest BCUT2D eigenvalue weighted by molar-refractivity contribution is -0.131. The Morgan fingerprint density at radius 2 is 1.68 bits per heavy atom. The van der Waals surface area contributed by atoms with Crippen LogP contribution in [0.5, 0.6) is 5.75 Å². The number of ether oxygens (including phenoxy) is 1. The van der Waals surface area contributed by atoms with Gasteiger partial charge in [-0.05, 0) is 36.6 Å². The fraction of sp³-hybridized carbons (Fsp3) is 0.391. The number of carbonyl (C=O) groups excluding carboxylic acids is 2. The standard InChI is InChI=1S/C23H28N2O3/c26-22(25-15-6-1-2-7-16-25)13-14-24-23(27)20-11-8-12-21(17-20)28-18-19-9-4-3-5-10-19/h3-5,8-12,17H,1-2,6-7,13-16,18H2,(H,24,27). The zero-order chi connectivity index (χ0) is 19.6. The zero-order valence-electron chi connectivity index (χ0n) is 16.2. The van der Waals surface area contributed by atoms with Crippen LogP contribution < -0.4 is 10.1 Å². The van der Waals surface area contributed by atoms with Gasteiger partial charge in [-0.2, -0.15) is 0 Å². The molecule has 1 aliphatic heterocycles. The van der Waals surface area contributed by atoms with Gasteiger partial charge in [0.25, 0.3) is 5.91 Å². The van der Waals surface area contributed by atoms with Crippen molar-refractivity contribution in [3.05, 3.63) is 65.7 Å². The normalized spacial score (nSPS) is 14.2. The van der Waals surface area contributed by atoms with Crippen molar-refractivity contribution < 1.29 is 14.3 Å². The lowest BCUT2D eigenvalue weighted by Gasteiger charge is -2.20. The second kappa shape index (κ2) is 10.5. The maximum Gasteiger partial charge on any atom is 0.251 e. The van der Waals surface area contributed by atoms with Crippen LogP contribution in [-0.4, -0.2) is 36.3 Å². The SMILES string of the molecule is O=C(NCCC(=O)N1CCCCCC1)c1cccc(OCc2ccccc2)c1. The number of amides is 2. The zero-order valence-corrected chi connectivity index (χ0v) is 16.2. The van der Waals surface area contributed by atoms with Crippen LogP contribution in [0.3, 0.4) is 0 Å². The number of rotatable bonds is 7. The van der Waals surface area contributed by atoms with Crippen LogP contribution >= 0.6 is 0 Å². The molecule has 1 saturated heterocycles. The van der Waals surface area contributed by atoms with Crippen molar-refractivity contribution in [3.8, 4) is 5.75 Å². The third-order valence-corrected chi connectivity index (χ3v) is 4.93. The highest BCUT2D eigenvalue weighted by atomic mass is 16.5. The Morgan fingerprint density at radius 3 is 2.43 bits per heavy atom. The predicted molar refractivity (Wildman–Crippen MR) is 109 cm³/mol. The monoisotopic (exact) mass is 380 g/mol. The highest BCUT2D eigenvalue weighted by Crippen LogP contribution is 2.15. The van der Waals surface area contributed by atoms with Crippen molar-refractivity contribution in [1.82, 2.24) is 10.2 Å². The summed E-state index contributed by atoms with van der Waals surface area (Å²) in [6, 6.07) is 17.0. The maximum atomic E-state index is 12.4. The molecule has 0 spiro atoms. The largest absolute Gasteiger partial charge is 0.489 e. The fourth-order valence-corrected chi connectivity index (χ4v) is 3.33. The molecule has 0 bridgehead atoms. The number of hydrogen-bond donors (Lipinski definition) is 1. The quantitative estimate of drug-likeness (QED) is 0.795. The number of nitrogens with zero attached hydrogens (tertiary/aromatic N) is 1. The molecule has 1 fully saturated rings. The molecule has 3 rings (SSSR count). The average molecular weight is 380 g/mol. The Bertz CT molecular complexity index is 768. The van der Waals surface area contributed by atoms with Gasteiger partial charge in [0.1, 0.15) is 12.4 Å². The van der Waals surface area contributed by atoms with E-state index in [1.54, 1.807) is 18.2 Å². The molecule has 2 aromatic carbocycles. The van der Waals surface area contributed by atoms with E-state index in [2.05, 4.69) is 5.32 Å². The van der Waals surface area contributed by atoms with Gasteiger partial charge in [-0.25, -0.2) is 0 Å². The first kappa shape index (κ1) is 19.9. The topological polar surface area (TPSA) is 58.6 Å². The van der Waals surface area contributed by atoms with E-state index in [9.17, 15) is 9.59 Å². The first-order valence-electron chi connectivity index (χ1n) is 10.0. The van der Waals surface area contributed by atoms with E-state index in [-0.39, 0.29) is 11.8 Å². The molecule has 28 heavy (non-hydrogen) atoms. The van der Waals surface area contributed by atoms with E-state index < -0.39 is 0 Å². The Labute approximate surface area is 166 Å². The maximum absolute atomic E-state index is 12.4. The van der Waals surface area contributed by atoms with Crippen molar-refractivity contribution in [2.24, 2.45) is 0 Å². The summed E-state index contributed by atoms with van der Waals surface area (Å²) in [7, 11) is 0. The molecule has 0 saturated carbocycles. The number of nitrogens with one attached hydrogen (secondary N) is 1. The molecular formula is C23H28N2O3. The lowest BCUT2D eigenvalue weighted by atomic mass is 10.2. The Kier molecular flexibility index (Phi) is 7.47. The number of likely N-dealkylation sites (tertiary alicyclic amines) is 1. The number of benzene rings is 2. The molecule has 1 heterocycles. The minimum atomic E-state index is -0.186. The molecule has 0 atom stereocenters. The van der Waals surface area contributed by atoms with Crippen molar-refractivity contribution in [3.63, 3.8) is 0 Å². The molecule has 5 heteroatoms. The van der Waals surface area contributed by atoms with Crippen LogP contribution in [-0.2, 0) is 11.4 Å². The van der Waals surface area contributed by atoms with Crippen LogP contribution in [0.4, 0.5) is 0 Å². The summed E-state index contributed by atoms with van der Waals surface area (Å²) in [5.41, 5.74) is 1.61. The number of carbonyl (C=O) groups is 2. The van der Waals surface area contributed by atoms with Gasteiger partial charge in [-0.3, -0.25) is 9.59 Å². The van der Waals surface area contributed by atoms with Crippen molar-refractivity contribution in [2.45, 2.75) is 38.7 Å². The predicted octanol–water partition coefficient (Wildman–Crippen LogP) is 3.79. The van der Waals surface area contributed by atoms with Gasteiger partial charge < -0.3 is 15.0 Å².